The molecule has 24 heavy (non-hydrogen) atoms. The van der Waals surface area contributed by atoms with Crippen molar-refractivity contribution in [2.75, 3.05) is 21.3 Å². The molecule has 0 N–H and O–H groups in total. The summed E-state index contributed by atoms with van der Waals surface area (Å²) >= 11 is 1.24. The Kier molecular flexibility index (Phi) is 10.5. The number of halogens is 2. The Labute approximate surface area is 143 Å². The normalized spacial score (nSPS) is 9.96. The average molecular weight is 363 g/mol. The number of hydrogen-bond acceptors (Lipinski definition) is 7. The van der Waals surface area contributed by atoms with Gasteiger partial charge in [-0.05, 0) is 19.9 Å². The summed E-state index contributed by atoms with van der Waals surface area (Å²) in [6.45, 7) is 1.81. The van der Waals surface area contributed by atoms with E-state index in [2.05, 4.69) is 23.9 Å². The zero-order chi connectivity index (χ0) is 18.6. The Morgan fingerprint density at radius 3 is 2.21 bits per heavy atom. The van der Waals surface area contributed by atoms with E-state index in [-0.39, 0.29) is 12.5 Å². The van der Waals surface area contributed by atoms with Gasteiger partial charge in [0.15, 0.2) is 10.7 Å². The Hall–Kier alpha value is -2.07. The number of hydrogen-bond donors (Lipinski definition) is 0. The van der Waals surface area contributed by atoms with Crippen molar-refractivity contribution in [3.05, 3.63) is 24.7 Å². The van der Waals surface area contributed by atoms with Gasteiger partial charge in [-0.2, -0.15) is 0 Å². The number of carbonyl (C=O) groups is 1. The van der Waals surface area contributed by atoms with Crippen molar-refractivity contribution in [1.29, 1.82) is 0 Å². The third kappa shape index (κ3) is 11.5. The summed E-state index contributed by atoms with van der Waals surface area (Å²) in [5.74, 6) is -2.24. The van der Waals surface area contributed by atoms with Crippen LogP contribution in [0.5, 0.6) is 0 Å². The van der Waals surface area contributed by atoms with Gasteiger partial charge in [0.05, 0.1) is 11.6 Å². The molecule has 0 aliphatic heterocycles. The van der Waals surface area contributed by atoms with Crippen LogP contribution in [-0.2, 0) is 20.8 Å². The van der Waals surface area contributed by atoms with E-state index in [1.165, 1.54) is 23.3 Å². The molecule has 0 aliphatic carbocycles. The lowest BCUT2D eigenvalue weighted by molar-refractivity contribution is -0.735. The first-order valence-electron chi connectivity index (χ1n) is 6.69. The fourth-order valence-corrected chi connectivity index (χ4v) is 1.73. The van der Waals surface area contributed by atoms with Gasteiger partial charge in [0.1, 0.15) is 0 Å². The topological polar surface area (TPSA) is 78.1 Å². The summed E-state index contributed by atoms with van der Waals surface area (Å²) in [4.78, 5) is 20.0. The van der Waals surface area contributed by atoms with Crippen LogP contribution in [0.1, 0.15) is 13.8 Å². The van der Waals surface area contributed by atoms with Gasteiger partial charge in [0, 0.05) is 38.1 Å². The molecule has 2 heterocycles. The second kappa shape index (κ2) is 11.5. The van der Waals surface area contributed by atoms with Crippen LogP contribution in [-0.4, -0.2) is 47.7 Å². The number of carbonyl (C=O) groups excluding carboxylic acids is 1. The fourth-order valence-electron chi connectivity index (χ4n) is 1.08. The van der Waals surface area contributed by atoms with Crippen molar-refractivity contribution >= 4 is 17.5 Å². The molecule has 0 atom stereocenters. The Bertz CT molecular complexity index is 585. The van der Waals surface area contributed by atoms with Crippen LogP contribution in [0.3, 0.4) is 0 Å². The summed E-state index contributed by atoms with van der Waals surface area (Å²) in [7, 11) is 4.59. The van der Waals surface area contributed by atoms with Gasteiger partial charge in [-0.15, -0.1) is 0 Å². The Morgan fingerprint density at radius 1 is 1.25 bits per heavy atom. The third-order valence-corrected chi connectivity index (χ3v) is 2.59. The predicted molar refractivity (Wildman–Crippen MR) is 84.6 cm³/mol. The lowest BCUT2D eigenvalue weighted by Gasteiger charge is -1.94. The minimum atomic E-state index is -2.50. The maximum absolute atomic E-state index is 11.0. The molecule has 2 aromatic rings. The molecule has 0 amide bonds. The molecule has 0 unspecified atom stereocenters. The predicted octanol–water partition coefficient (Wildman–Crippen LogP) is 1.98. The van der Waals surface area contributed by atoms with Crippen molar-refractivity contribution in [3.63, 3.8) is 0 Å². The van der Waals surface area contributed by atoms with Crippen molar-refractivity contribution in [1.82, 2.24) is 14.5 Å². The van der Waals surface area contributed by atoms with E-state index < -0.39 is 5.92 Å². The van der Waals surface area contributed by atoms with Gasteiger partial charge in [-0.25, -0.2) is 23.5 Å². The Morgan fingerprint density at radius 2 is 1.75 bits per heavy atom. The number of nitrogens with zero attached hydrogens (tertiary/aromatic N) is 4. The van der Waals surface area contributed by atoms with E-state index in [9.17, 15) is 13.6 Å². The monoisotopic (exact) mass is 363 g/mol. The highest BCUT2D eigenvalue weighted by Crippen LogP contribution is 2.14. The summed E-state index contributed by atoms with van der Waals surface area (Å²) in [5.41, 5.74) is 0. The molecule has 0 spiro atoms. The molecule has 134 valence electrons. The number of aromatic nitrogens is 4. The fraction of sp³-hybridized carbons (Fsp3) is 0.500. The summed E-state index contributed by atoms with van der Waals surface area (Å²) in [6.07, 6.45) is 5.04. The zero-order valence-corrected chi connectivity index (χ0v) is 15.0. The summed E-state index contributed by atoms with van der Waals surface area (Å²) in [5, 5.41) is 0. The van der Waals surface area contributed by atoms with E-state index in [1.807, 2.05) is 0 Å². The molecule has 0 aromatic carbocycles. The molecule has 2 aromatic heterocycles. The highest BCUT2D eigenvalue weighted by atomic mass is 32.1. The van der Waals surface area contributed by atoms with Crippen LogP contribution in [0.4, 0.5) is 8.78 Å². The quantitative estimate of drug-likeness (QED) is 0.613. The van der Waals surface area contributed by atoms with E-state index in [4.69, 9.17) is 0 Å². The maximum atomic E-state index is 11.0. The third-order valence-electron chi connectivity index (χ3n) is 1.82. The number of alkyl halides is 2. The van der Waals surface area contributed by atoms with Crippen molar-refractivity contribution in [3.8, 4) is 10.7 Å². The molecular weight excluding hydrogens is 342 g/mol. The maximum Gasteiger partial charge on any atom is 0.374 e. The molecule has 0 bridgehead atoms. The van der Waals surface area contributed by atoms with Crippen LogP contribution in [0.15, 0.2) is 24.7 Å². The highest BCUT2D eigenvalue weighted by Gasteiger charge is 2.16. The van der Waals surface area contributed by atoms with Crippen LogP contribution in [0, 0.1) is 0 Å². The molecule has 0 fully saturated rings. The first-order chi connectivity index (χ1) is 11.2. The first kappa shape index (κ1) is 21.9. The van der Waals surface area contributed by atoms with Gasteiger partial charge in [0.25, 0.3) is 6.54 Å². The van der Waals surface area contributed by atoms with Gasteiger partial charge >= 0.3 is 5.97 Å². The van der Waals surface area contributed by atoms with Crippen LogP contribution in [0.25, 0.3) is 10.7 Å². The lowest BCUT2D eigenvalue weighted by atomic mass is 10.5. The van der Waals surface area contributed by atoms with Crippen molar-refractivity contribution in [2.24, 2.45) is 0 Å². The van der Waals surface area contributed by atoms with Crippen LogP contribution in [0.2, 0.25) is 0 Å². The molecule has 0 aliphatic rings. The minimum absolute atomic E-state index is 0.0971. The van der Waals surface area contributed by atoms with E-state index in [0.717, 1.165) is 18.7 Å². The molecule has 0 saturated heterocycles. The number of methoxy groups -OCH3 is 2. The van der Waals surface area contributed by atoms with Crippen molar-refractivity contribution < 1.29 is 27.7 Å². The lowest BCUT2D eigenvalue weighted by Crippen LogP contribution is -2.39. The van der Waals surface area contributed by atoms with E-state index in [0.29, 0.717) is 5.82 Å². The molecule has 0 saturated carbocycles. The molecule has 7 nitrogen and oxygen atoms in total. The smallest absolute Gasteiger partial charge is 0.374 e. The zero-order valence-electron chi connectivity index (χ0n) is 14.2. The number of rotatable bonds is 3. The first-order valence-corrected chi connectivity index (χ1v) is 7.47. The second-order valence-electron chi connectivity index (χ2n) is 4.65. The summed E-state index contributed by atoms with van der Waals surface area (Å²) < 4.78 is 36.4. The van der Waals surface area contributed by atoms with Crippen LogP contribution < -0.4 is 4.68 Å². The Balaban J connectivity index is 0.000000559. The minimum Gasteiger partial charge on any atom is -0.464 e. The average Bonchev–Trinajstić information content (AvgIpc) is 2.95. The standard InChI is InChI=1S/C9H9N4O2S.C3H6F2.C2H6O/c1-15-8(14)6-13-5-7(16-12-13)9-10-3-2-4-11-9;1-3(2,4)5;1-3-2/h2-5H,6H2,1H3;1-2H3;1-2H3/q+1;;. The number of esters is 1. The van der Waals surface area contributed by atoms with E-state index >= 15 is 0 Å². The molecule has 10 heteroatoms. The number of ether oxygens (including phenoxy) is 2. The second-order valence-corrected chi connectivity index (χ2v) is 5.43. The summed E-state index contributed by atoms with van der Waals surface area (Å²) in [6, 6.07) is 1.74. The van der Waals surface area contributed by atoms with Crippen molar-refractivity contribution in [2.45, 2.75) is 26.3 Å². The largest absolute Gasteiger partial charge is 0.464 e. The van der Waals surface area contributed by atoms with Gasteiger partial charge < -0.3 is 9.47 Å². The van der Waals surface area contributed by atoms with E-state index in [1.54, 1.807) is 38.9 Å². The SMILES string of the molecule is CC(C)(F)F.COC.COC(=O)C[n+]1cc(-c2ncccn2)sn1. The van der Waals surface area contributed by atoms with Crippen LogP contribution >= 0.6 is 11.5 Å². The highest BCUT2D eigenvalue weighted by molar-refractivity contribution is 7.08. The van der Waals surface area contributed by atoms with Gasteiger partial charge in [0.2, 0.25) is 12.1 Å². The molecule has 0 radical (unpaired) electrons. The molecular formula is C14H21F2N4O3S+. The molecule has 2 rings (SSSR count). The van der Waals surface area contributed by atoms with Gasteiger partial charge in [-0.3, -0.25) is 0 Å². The van der Waals surface area contributed by atoms with Gasteiger partial charge in [-0.1, -0.05) is 4.68 Å².